The molecule has 0 bridgehead atoms. The highest BCUT2D eigenvalue weighted by molar-refractivity contribution is 7.89. The minimum absolute atomic E-state index is 0.0462. The Morgan fingerprint density at radius 3 is 2.50 bits per heavy atom. The van der Waals surface area contributed by atoms with Crippen LogP contribution in [-0.2, 0) is 15.4 Å². The molecule has 0 saturated heterocycles. The summed E-state index contributed by atoms with van der Waals surface area (Å²) in [6.07, 6.45) is 2.15. The zero-order valence-electron chi connectivity index (χ0n) is 15.3. The van der Waals surface area contributed by atoms with Crippen LogP contribution < -0.4 is 4.72 Å². The number of nitrogens with zero attached hydrogens (tertiary/aromatic N) is 3. The average molecular weight is 370 g/mol. The third-order valence-electron chi connectivity index (χ3n) is 4.42. The van der Waals surface area contributed by atoms with Crippen LogP contribution in [0, 0.1) is 18.3 Å². The van der Waals surface area contributed by atoms with E-state index in [0.717, 1.165) is 11.3 Å². The highest BCUT2D eigenvalue weighted by atomic mass is 32.2. The Bertz CT molecular complexity index is 1000. The predicted octanol–water partition coefficient (Wildman–Crippen LogP) is 3.28. The van der Waals surface area contributed by atoms with E-state index in [9.17, 15) is 13.7 Å². The largest absolute Gasteiger partial charge is 0.264 e. The molecular formula is C19H22N4O2S. The van der Waals surface area contributed by atoms with Crippen LogP contribution in [0.3, 0.4) is 0 Å². The number of sulfonamides is 1. The molecule has 1 atom stereocenters. The van der Waals surface area contributed by atoms with E-state index in [1.54, 1.807) is 18.2 Å². The van der Waals surface area contributed by atoms with E-state index in [0.29, 0.717) is 17.9 Å². The molecule has 26 heavy (non-hydrogen) atoms. The normalized spacial score (nSPS) is 17.2. The summed E-state index contributed by atoms with van der Waals surface area (Å²) in [6.45, 7) is 8.05. The SMILES string of the molecule is Cc1cc2n(n1)C(NS(=O)(=O)c1ccc(C(C)(C)C)cc1)=CCC2C#N. The van der Waals surface area contributed by atoms with Crippen molar-refractivity contribution in [1.29, 1.82) is 5.26 Å². The molecule has 7 heteroatoms. The maximum absolute atomic E-state index is 12.8. The molecule has 1 aliphatic rings. The number of fused-ring (bicyclic) bond motifs is 1. The third kappa shape index (κ3) is 3.37. The number of hydrogen-bond donors (Lipinski definition) is 1. The first-order valence-electron chi connectivity index (χ1n) is 8.42. The highest BCUT2D eigenvalue weighted by Crippen LogP contribution is 2.29. The van der Waals surface area contributed by atoms with Crippen molar-refractivity contribution in [2.75, 3.05) is 0 Å². The molecular weight excluding hydrogens is 348 g/mol. The Labute approximate surface area is 154 Å². The van der Waals surface area contributed by atoms with E-state index in [2.05, 4.69) is 36.7 Å². The van der Waals surface area contributed by atoms with E-state index in [1.807, 2.05) is 25.1 Å². The van der Waals surface area contributed by atoms with Gasteiger partial charge in [-0.1, -0.05) is 32.9 Å². The average Bonchev–Trinajstić information content (AvgIpc) is 2.96. The lowest BCUT2D eigenvalue weighted by Crippen LogP contribution is -2.29. The third-order valence-corrected chi connectivity index (χ3v) is 5.79. The summed E-state index contributed by atoms with van der Waals surface area (Å²) in [5, 5.41) is 13.6. The van der Waals surface area contributed by atoms with Gasteiger partial charge in [-0.2, -0.15) is 10.4 Å². The Morgan fingerprint density at radius 1 is 1.27 bits per heavy atom. The molecule has 136 valence electrons. The summed E-state index contributed by atoms with van der Waals surface area (Å²) in [7, 11) is -3.74. The van der Waals surface area contributed by atoms with Crippen molar-refractivity contribution in [1.82, 2.24) is 14.5 Å². The summed E-state index contributed by atoms with van der Waals surface area (Å²) < 4.78 is 29.7. The van der Waals surface area contributed by atoms with Gasteiger partial charge in [0.1, 0.15) is 5.82 Å². The van der Waals surface area contributed by atoms with Crippen molar-refractivity contribution in [3.8, 4) is 6.07 Å². The number of allylic oxidation sites excluding steroid dienone is 1. The van der Waals surface area contributed by atoms with Crippen LogP contribution in [0.4, 0.5) is 0 Å². The monoisotopic (exact) mass is 370 g/mol. The number of benzene rings is 1. The lowest BCUT2D eigenvalue weighted by molar-refractivity contribution is 0.582. The lowest BCUT2D eigenvalue weighted by atomic mass is 9.87. The first-order chi connectivity index (χ1) is 12.1. The van der Waals surface area contributed by atoms with Gasteiger partial charge in [-0.3, -0.25) is 4.72 Å². The summed E-state index contributed by atoms with van der Waals surface area (Å²) in [6, 6.07) is 10.9. The van der Waals surface area contributed by atoms with Crippen molar-refractivity contribution in [2.24, 2.45) is 0 Å². The molecule has 6 nitrogen and oxygen atoms in total. The maximum Gasteiger partial charge on any atom is 0.263 e. The Morgan fingerprint density at radius 2 is 1.92 bits per heavy atom. The summed E-state index contributed by atoms with van der Waals surface area (Å²) in [4.78, 5) is 0.194. The fourth-order valence-corrected chi connectivity index (χ4v) is 3.99. The molecule has 1 aromatic heterocycles. The van der Waals surface area contributed by atoms with Crippen LogP contribution in [0.2, 0.25) is 0 Å². The van der Waals surface area contributed by atoms with Crippen LogP contribution in [0.25, 0.3) is 5.82 Å². The highest BCUT2D eigenvalue weighted by Gasteiger charge is 2.26. The van der Waals surface area contributed by atoms with Gasteiger partial charge in [-0.05, 0) is 48.6 Å². The van der Waals surface area contributed by atoms with Gasteiger partial charge in [0.2, 0.25) is 0 Å². The first kappa shape index (κ1) is 18.2. The van der Waals surface area contributed by atoms with E-state index in [-0.39, 0.29) is 16.2 Å². The molecule has 0 saturated carbocycles. The molecule has 1 aliphatic heterocycles. The number of nitriles is 1. The molecule has 0 amide bonds. The molecule has 1 aromatic carbocycles. The Hall–Kier alpha value is -2.59. The molecule has 0 fully saturated rings. The van der Waals surface area contributed by atoms with E-state index < -0.39 is 10.0 Å². The van der Waals surface area contributed by atoms with Crippen LogP contribution in [0.15, 0.2) is 41.3 Å². The molecule has 0 radical (unpaired) electrons. The van der Waals surface area contributed by atoms with Gasteiger partial charge in [-0.15, -0.1) is 0 Å². The number of hydrogen-bond acceptors (Lipinski definition) is 4. The molecule has 2 aromatic rings. The van der Waals surface area contributed by atoms with E-state index in [4.69, 9.17) is 0 Å². The van der Waals surface area contributed by atoms with Gasteiger partial charge in [0.15, 0.2) is 0 Å². The van der Waals surface area contributed by atoms with Crippen molar-refractivity contribution >= 4 is 15.8 Å². The van der Waals surface area contributed by atoms with Crippen molar-refractivity contribution in [2.45, 2.75) is 50.3 Å². The van der Waals surface area contributed by atoms with Crippen LogP contribution in [0.5, 0.6) is 0 Å². The van der Waals surface area contributed by atoms with E-state index in [1.165, 1.54) is 4.68 Å². The van der Waals surface area contributed by atoms with Gasteiger partial charge >= 0.3 is 0 Å². The van der Waals surface area contributed by atoms with Gasteiger partial charge in [0.05, 0.1) is 28.3 Å². The number of aryl methyl sites for hydroxylation is 1. The van der Waals surface area contributed by atoms with Gasteiger partial charge in [-0.25, -0.2) is 13.1 Å². The summed E-state index contributed by atoms with van der Waals surface area (Å²) in [5.74, 6) is 0.0371. The zero-order valence-corrected chi connectivity index (χ0v) is 16.1. The number of rotatable bonds is 3. The number of aromatic nitrogens is 2. The second-order valence-corrected chi connectivity index (χ2v) is 9.19. The quantitative estimate of drug-likeness (QED) is 0.898. The Balaban J connectivity index is 1.91. The van der Waals surface area contributed by atoms with Gasteiger partial charge < -0.3 is 0 Å². The zero-order chi connectivity index (χ0) is 19.1. The standard InChI is InChI=1S/C19H22N4O2S/c1-13-11-17-14(12-20)5-10-18(23(17)21-13)22-26(24,25)16-8-6-15(7-9-16)19(2,3)4/h6-11,14,22H,5H2,1-4H3. The van der Waals surface area contributed by atoms with Crippen LogP contribution in [-0.4, -0.2) is 18.2 Å². The van der Waals surface area contributed by atoms with Crippen LogP contribution >= 0.6 is 0 Å². The molecule has 0 spiro atoms. The number of nitrogens with one attached hydrogen (secondary N) is 1. The fraction of sp³-hybridized carbons (Fsp3) is 0.368. The Kier molecular flexibility index (Phi) is 4.41. The lowest BCUT2D eigenvalue weighted by Gasteiger charge is -2.21. The first-order valence-corrected chi connectivity index (χ1v) is 9.90. The fourth-order valence-electron chi connectivity index (χ4n) is 2.93. The smallest absolute Gasteiger partial charge is 0.263 e. The van der Waals surface area contributed by atoms with Crippen molar-refractivity contribution in [3.63, 3.8) is 0 Å². The molecule has 1 N–H and O–H groups in total. The van der Waals surface area contributed by atoms with E-state index >= 15 is 0 Å². The van der Waals surface area contributed by atoms with Crippen LogP contribution in [0.1, 0.15) is 50.1 Å². The predicted molar refractivity (Wildman–Crippen MR) is 99.7 cm³/mol. The topological polar surface area (TPSA) is 87.8 Å². The summed E-state index contributed by atoms with van der Waals surface area (Å²) in [5.41, 5.74) is 2.46. The van der Waals surface area contributed by atoms with Crippen molar-refractivity contribution < 1.29 is 8.42 Å². The van der Waals surface area contributed by atoms with Crippen molar-refractivity contribution in [3.05, 3.63) is 53.4 Å². The molecule has 2 heterocycles. The maximum atomic E-state index is 12.8. The van der Waals surface area contributed by atoms with Gasteiger partial charge in [0.25, 0.3) is 10.0 Å². The minimum atomic E-state index is -3.74. The summed E-state index contributed by atoms with van der Waals surface area (Å²) >= 11 is 0. The molecule has 0 aliphatic carbocycles. The second kappa shape index (κ2) is 6.29. The molecule has 1 unspecified atom stereocenters. The second-order valence-electron chi connectivity index (χ2n) is 7.51. The van der Waals surface area contributed by atoms with Gasteiger partial charge in [0, 0.05) is 0 Å². The molecule has 3 rings (SSSR count). The minimum Gasteiger partial charge on any atom is -0.264 e.